The molecular weight excluding hydrogens is 181 g/mol. The van der Waals surface area contributed by atoms with Crippen LogP contribution in [0.15, 0.2) is 0 Å². The van der Waals surface area contributed by atoms with Gasteiger partial charge in [-0.15, -0.1) is 0 Å². The summed E-state index contributed by atoms with van der Waals surface area (Å²) in [7, 11) is 1.23. The van der Waals surface area contributed by atoms with E-state index in [-0.39, 0.29) is 11.5 Å². The Kier molecular flexibility index (Phi) is 4.62. The first kappa shape index (κ1) is 11.8. The van der Waals surface area contributed by atoms with Crippen molar-refractivity contribution < 1.29 is 20.1 Å². The van der Waals surface area contributed by atoms with E-state index >= 15 is 0 Å². The Bertz CT molecular complexity index is 160. The van der Waals surface area contributed by atoms with E-state index in [1.165, 1.54) is 7.85 Å². The summed E-state index contributed by atoms with van der Waals surface area (Å²) in [5, 5.41) is 26.0. The second-order valence-electron chi connectivity index (χ2n) is 2.68. The van der Waals surface area contributed by atoms with Crippen molar-refractivity contribution >= 4 is 25.6 Å². The lowest BCUT2D eigenvalue weighted by Crippen LogP contribution is -2.35. The Morgan fingerprint density at radius 1 is 1.67 bits per heavy atom. The number of nitrogens with two attached hydrogens (primary N) is 1. The third-order valence-corrected chi connectivity index (χ3v) is 2.34. The molecule has 0 saturated carbocycles. The number of aliphatic carboxylic acids is 1. The summed E-state index contributed by atoms with van der Waals surface area (Å²) in [5.41, 5.74) is 3.40. The number of carboxylic acids is 1. The van der Waals surface area contributed by atoms with Crippen molar-refractivity contribution in [2.75, 3.05) is 11.5 Å². The molecule has 0 spiro atoms. The summed E-state index contributed by atoms with van der Waals surface area (Å²) in [6.45, 7) is 0. The van der Waals surface area contributed by atoms with Gasteiger partial charge in [0.15, 0.2) is 7.85 Å². The maximum atomic E-state index is 10.2. The van der Waals surface area contributed by atoms with Gasteiger partial charge >= 0.3 is 5.97 Å². The molecule has 0 unspecified atom stereocenters. The van der Waals surface area contributed by atoms with E-state index < -0.39 is 17.7 Å². The highest BCUT2D eigenvalue weighted by Gasteiger charge is 2.17. The quantitative estimate of drug-likeness (QED) is 0.282. The Morgan fingerprint density at radius 2 is 2.17 bits per heavy atom. The molecule has 70 valence electrons. The molecule has 0 aromatic heterocycles. The third-order valence-electron chi connectivity index (χ3n) is 0.990. The number of rotatable bonds is 5. The summed E-state index contributed by atoms with van der Waals surface area (Å²) in [5.74, 6) is -0.861. The van der Waals surface area contributed by atoms with Crippen LogP contribution in [-0.4, -0.2) is 52.4 Å². The standard InChI is InChI=1S/C5H12BNO4S/c6-5(10,11)2-12-1-3(7)4(8)9/h3,10-11H,1-2,6-7H2,(H,8,9)/t3-/m0/s1. The van der Waals surface area contributed by atoms with Gasteiger partial charge in [-0.1, -0.05) is 0 Å². The molecule has 1 atom stereocenters. The Labute approximate surface area is 75.4 Å². The molecule has 0 aromatic carbocycles. The van der Waals surface area contributed by atoms with E-state index in [4.69, 9.17) is 21.1 Å². The van der Waals surface area contributed by atoms with E-state index in [9.17, 15) is 4.79 Å². The largest absolute Gasteiger partial charge is 0.480 e. The Hall–Kier alpha value is -0.235. The molecule has 0 fully saturated rings. The average Bonchev–Trinajstić information content (AvgIpc) is 1.84. The summed E-state index contributed by atoms with van der Waals surface area (Å²) < 4.78 is 0. The van der Waals surface area contributed by atoms with Gasteiger partial charge in [0.1, 0.15) is 11.7 Å². The first-order valence-corrected chi connectivity index (χ1v) is 4.49. The second kappa shape index (κ2) is 4.71. The van der Waals surface area contributed by atoms with Crippen LogP contribution in [-0.2, 0) is 4.79 Å². The molecule has 0 heterocycles. The van der Waals surface area contributed by atoms with E-state index in [0.717, 1.165) is 11.8 Å². The fourth-order valence-corrected chi connectivity index (χ4v) is 1.35. The van der Waals surface area contributed by atoms with Crippen molar-refractivity contribution in [1.82, 2.24) is 0 Å². The molecule has 0 aromatic rings. The average molecular weight is 193 g/mol. The predicted molar refractivity (Wildman–Crippen MR) is 48.6 cm³/mol. The maximum absolute atomic E-state index is 10.2. The van der Waals surface area contributed by atoms with E-state index in [0.29, 0.717) is 0 Å². The van der Waals surface area contributed by atoms with E-state index in [2.05, 4.69) is 0 Å². The van der Waals surface area contributed by atoms with Gasteiger partial charge in [0.25, 0.3) is 0 Å². The van der Waals surface area contributed by atoms with Crippen molar-refractivity contribution in [1.29, 1.82) is 0 Å². The fraction of sp³-hybridized carbons (Fsp3) is 0.800. The van der Waals surface area contributed by atoms with Crippen LogP contribution < -0.4 is 5.73 Å². The predicted octanol–water partition coefficient (Wildman–Crippen LogP) is -2.60. The van der Waals surface area contributed by atoms with Crippen molar-refractivity contribution in [3.8, 4) is 0 Å². The summed E-state index contributed by atoms with van der Waals surface area (Å²) in [6, 6.07) is -0.947. The highest BCUT2D eigenvalue weighted by atomic mass is 32.2. The van der Waals surface area contributed by atoms with Crippen LogP contribution in [0.25, 0.3) is 0 Å². The Morgan fingerprint density at radius 3 is 2.50 bits per heavy atom. The first-order valence-electron chi connectivity index (χ1n) is 3.34. The van der Waals surface area contributed by atoms with Crippen LogP contribution in [0, 0.1) is 0 Å². The van der Waals surface area contributed by atoms with Gasteiger partial charge in [0, 0.05) is 11.5 Å². The summed E-state index contributed by atoms with van der Waals surface area (Å²) in [4.78, 5) is 10.2. The zero-order valence-corrected chi connectivity index (χ0v) is 7.54. The van der Waals surface area contributed by atoms with Gasteiger partial charge in [-0.3, -0.25) is 4.79 Å². The summed E-state index contributed by atoms with van der Waals surface area (Å²) >= 11 is 1.09. The van der Waals surface area contributed by atoms with E-state index in [1.807, 2.05) is 0 Å². The van der Waals surface area contributed by atoms with Gasteiger partial charge in [0.05, 0.1) is 0 Å². The van der Waals surface area contributed by atoms with Crippen LogP contribution in [0.4, 0.5) is 0 Å². The number of carbonyl (C=O) groups is 1. The lowest BCUT2D eigenvalue weighted by Gasteiger charge is -2.15. The highest BCUT2D eigenvalue weighted by Crippen LogP contribution is 2.08. The number of aliphatic hydroxyl groups is 2. The molecule has 0 aliphatic carbocycles. The van der Waals surface area contributed by atoms with Gasteiger partial charge < -0.3 is 21.1 Å². The monoisotopic (exact) mass is 193 g/mol. The van der Waals surface area contributed by atoms with Crippen LogP contribution in [0.2, 0.25) is 0 Å². The smallest absolute Gasteiger partial charge is 0.321 e. The van der Waals surface area contributed by atoms with Gasteiger partial charge in [-0.25, -0.2) is 0 Å². The molecule has 0 rings (SSSR count). The zero-order chi connectivity index (χ0) is 9.78. The molecule has 0 aliphatic heterocycles. The Balaban J connectivity index is 3.51. The number of hydrogen-bond acceptors (Lipinski definition) is 5. The molecule has 0 amide bonds. The molecule has 12 heavy (non-hydrogen) atoms. The minimum Gasteiger partial charge on any atom is -0.480 e. The topological polar surface area (TPSA) is 104 Å². The number of hydrogen-bond donors (Lipinski definition) is 4. The lowest BCUT2D eigenvalue weighted by molar-refractivity contribution is -0.137. The molecule has 7 heteroatoms. The molecule has 0 aliphatic rings. The lowest BCUT2D eigenvalue weighted by atomic mass is 9.98. The van der Waals surface area contributed by atoms with Crippen molar-refractivity contribution in [2.45, 2.75) is 11.7 Å². The molecule has 0 bridgehead atoms. The van der Waals surface area contributed by atoms with Crippen LogP contribution in [0.3, 0.4) is 0 Å². The number of carboxylic acid groups (broad SMARTS) is 1. The fourth-order valence-electron chi connectivity index (χ4n) is 0.451. The summed E-state index contributed by atoms with van der Waals surface area (Å²) in [6.07, 6.45) is 0. The van der Waals surface area contributed by atoms with Gasteiger partial charge in [0.2, 0.25) is 0 Å². The van der Waals surface area contributed by atoms with E-state index in [1.54, 1.807) is 0 Å². The molecule has 0 saturated heterocycles. The SMILES string of the molecule is BC(O)(O)CSC[C@H](N)C(=O)O. The van der Waals surface area contributed by atoms with Crippen molar-refractivity contribution in [2.24, 2.45) is 5.73 Å². The zero-order valence-electron chi connectivity index (χ0n) is 6.73. The van der Waals surface area contributed by atoms with Crippen LogP contribution >= 0.6 is 11.8 Å². The van der Waals surface area contributed by atoms with Crippen LogP contribution in [0.1, 0.15) is 0 Å². The van der Waals surface area contributed by atoms with Crippen LogP contribution in [0.5, 0.6) is 0 Å². The van der Waals surface area contributed by atoms with Crippen molar-refractivity contribution in [3.05, 3.63) is 0 Å². The minimum atomic E-state index is -1.76. The highest BCUT2D eigenvalue weighted by molar-refractivity contribution is 7.99. The second-order valence-corrected chi connectivity index (χ2v) is 3.71. The molecular formula is C5H12BNO4S. The third kappa shape index (κ3) is 6.47. The normalized spacial score (nSPS) is 14.2. The number of thioether (sulfide) groups is 1. The first-order chi connectivity index (χ1) is 5.33. The molecule has 5 N–H and O–H groups in total. The van der Waals surface area contributed by atoms with Gasteiger partial charge in [-0.05, 0) is 0 Å². The van der Waals surface area contributed by atoms with Crippen molar-refractivity contribution in [3.63, 3.8) is 0 Å². The molecule has 0 radical (unpaired) electrons. The molecule has 5 nitrogen and oxygen atoms in total. The minimum absolute atomic E-state index is 0.0496. The maximum Gasteiger partial charge on any atom is 0.321 e. The van der Waals surface area contributed by atoms with Gasteiger partial charge in [-0.2, -0.15) is 11.8 Å².